The molecule has 170 valence electrons. The zero-order valence-corrected chi connectivity index (χ0v) is 18.7. The first-order chi connectivity index (χ1) is 15.9. The number of ether oxygens (including phenoxy) is 1. The average molecular weight is 490 g/mol. The molecular weight excluding hydrogens is 472 g/mol. The molecule has 0 saturated carbocycles. The monoisotopic (exact) mass is 489 g/mol. The molecule has 0 radical (unpaired) electrons. The van der Waals surface area contributed by atoms with Crippen molar-refractivity contribution in [1.29, 1.82) is 0 Å². The second kappa shape index (κ2) is 10.2. The summed E-state index contributed by atoms with van der Waals surface area (Å²) < 4.78 is 33.4. The number of rotatable bonds is 5. The molecule has 4 rings (SSSR count). The fourth-order valence-corrected chi connectivity index (χ4v) is 4.83. The number of carbonyl (C=O) groups excluding carboxylic acids is 2. The molecule has 33 heavy (non-hydrogen) atoms. The number of alkyl carbamates (subject to hydrolysis) is 1. The van der Waals surface area contributed by atoms with Gasteiger partial charge >= 0.3 is 6.09 Å². The van der Waals surface area contributed by atoms with Gasteiger partial charge in [0.25, 0.3) is 5.91 Å². The van der Waals surface area contributed by atoms with Crippen molar-refractivity contribution in [3.8, 4) is 0 Å². The Bertz CT molecular complexity index is 1200. The van der Waals surface area contributed by atoms with E-state index in [1.54, 1.807) is 24.4 Å². The van der Waals surface area contributed by atoms with E-state index in [4.69, 9.17) is 16.3 Å². The van der Waals surface area contributed by atoms with Gasteiger partial charge in [0, 0.05) is 28.1 Å². The lowest BCUT2D eigenvalue weighted by Gasteiger charge is -2.27. The molecule has 1 aliphatic heterocycles. The second-order valence-electron chi connectivity index (χ2n) is 7.15. The molecular formula is C23H18ClF2N3O3S. The fraction of sp³-hybridized carbons (Fsp3) is 0.174. The average Bonchev–Trinajstić information content (AvgIpc) is 2.81. The Labute approximate surface area is 197 Å². The lowest BCUT2D eigenvalue weighted by atomic mass is 9.99. The van der Waals surface area contributed by atoms with E-state index in [0.29, 0.717) is 28.5 Å². The third kappa shape index (κ3) is 5.43. The van der Waals surface area contributed by atoms with Crippen LogP contribution in [0, 0.1) is 11.6 Å². The summed E-state index contributed by atoms with van der Waals surface area (Å²) in [7, 11) is 0. The van der Waals surface area contributed by atoms with Crippen LogP contribution in [0.15, 0.2) is 59.6 Å². The molecule has 1 aliphatic rings. The minimum atomic E-state index is -0.710. The van der Waals surface area contributed by atoms with Gasteiger partial charge in [0.2, 0.25) is 0 Å². The molecule has 1 atom stereocenters. The number of thioether (sulfide) groups is 1. The first-order valence-electron chi connectivity index (χ1n) is 9.97. The predicted molar refractivity (Wildman–Crippen MR) is 121 cm³/mol. The number of aromatic nitrogens is 1. The fourth-order valence-electron chi connectivity index (χ4n) is 3.38. The number of nitrogens with zero attached hydrogens (tertiary/aromatic N) is 1. The van der Waals surface area contributed by atoms with Gasteiger partial charge in [0.1, 0.15) is 18.2 Å². The molecule has 0 fully saturated rings. The van der Waals surface area contributed by atoms with Gasteiger partial charge in [-0.2, -0.15) is 0 Å². The maximum absolute atomic E-state index is 14.8. The predicted octanol–water partition coefficient (Wildman–Crippen LogP) is 5.73. The SMILES string of the molecule is O=C(NC1CCSc2c(C(=O)Nc3ccc(F)c(Cl)c3)ccc(F)c21)OCc1ccccn1. The number of nitrogens with one attached hydrogen (secondary N) is 2. The maximum atomic E-state index is 14.8. The molecule has 2 heterocycles. The molecule has 2 aromatic carbocycles. The summed E-state index contributed by atoms with van der Waals surface area (Å²) in [6.45, 7) is -0.0217. The summed E-state index contributed by atoms with van der Waals surface area (Å²) >= 11 is 7.10. The first kappa shape index (κ1) is 23.0. The van der Waals surface area contributed by atoms with E-state index in [9.17, 15) is 18.4 Å². The number of anilines is 1. The van der Waals surface area contributed by atoms with E-state index in [1.165, 1.54) is 36.0 Å². The van der Waals surface area contributed by atoms with Crippen LogP contribution in [0.5, 0.6) is 0 Å². The summed E-state index contributed by atoms with van der Waals surface area (Å²) in [6, 6.07) is 11.0. The standard InChI is InChI=1S/C23H18ClF2N3O3S/c24-16-11-13(4-6-17(16)25)28-22(30)15-5-7-18(26)20-19(8-10-33-21(15)20)29-23(31)32-12-14-3-1-2-9-27-14/h1-7,9,11,19H,8,10,12H2,(H,28,30)(H,29,31). The molecule has 10 heteroatoms. The maximum Gasteiger partial charge on any atom is 0.408 e. The molecule has 6 nitrogen and oxygen atoms in total. The van der Waals surface area contributed by atoms with Crippen LogP contribution in [0.25, 0.3) is 0 Å². The van der Waals surface area contributed by atoms with Crippen molar-refractivity contribution in [1.82, 2.24) is 10.3 Å². The van der Waals surface area contributed by atoms with Gasteiger partial charge in [0.15, 0.2) is 0 Å². The highest BCUT2D eigenvalue weighted by Gasteiger charge is 2.30. The Morgan fingerprint density at radius 2 is 1.97 bits per heavy atom. The third-order valence-electron chi connectivity index (χ3n) is 4.94. The van der Waals surface area contributed by atoms with Crippen LogP contribution >= 0.6 is 23.4 Å². The van der Waals surface area contributed by atoms with Crippen molar-refractivity contribution in [2.45, 2.75) is 24.0 Å². The number of carbonyl (C=O) groups is 2. The van der Waals surface area contributed by atoms with Crippen LogP contribution in [0.3, 0.4) is 0 Å². The van der Waals surface area contributed by atoms with Gasteiger partial charge in [-0.25, -0.2) is 13.6 Å². The summed E-state index contributed by atoms with van der Waals surface area (Å²) in [5.74, 6) is -1.08. The molecule has 0 bridgehead atoms. The Kier molecular flexibility index (Phi) is 7.10. The zero-order chi connectivity index (χ0) is 23.4. The van der Waals surface area contributed by atoms with Crippen LogP contribution in [0.1, 0.15) is 34.1 Å². The number of fused-ring (bicyclic) bond motifs is 1. The minimum Gasteiger partial charge on any atom is -0.443 e. The largest absolute Gasteiger partial charge is 0.443 e. The topological polar surface area (TPSA) is 80.3 Å². The number of halogens is 3. The van der Waals surface area contributed by atoms with Gasteiger partial charge in [-0.3, -0.25) is 9.78 Å². The molecule has 1 unspecified atom stereocenters. The van der Waals surface area contributed by atoms with Crippen molar-refractivity contribution < 1.29 is 23.1 Å². The van der Waals surface area contributed by atoms with Gasteiger partial charge < -0.3 is 15.4 Å². The van der Waals surface area contributed by atoms with Crippen LogP contribution in [0.2, 0.25) is 5.02 Å². The van der Waals surface area contributed by atoms with Gasteiger partial charge in [-0.1, -0.05) is 17.7 Å². The lowest BCUT2D eigenvalue weighted by Crippen LogP contribution is -2.32. The van der Waals surface area contributed by atoms with Crippen LogP contribution < -0.4 is 10.6 Å². The second-order valence-corrected chi connectivity index (χ2v) is 8.66. The molecule has 0 spiro atoms. The first-order valence-corrected chi connectivity index (χ1v) is 11.3. The number of hydrogen-bond donors (Lipinski definition) is 2. The van der Waals surface area contributed by atoms with E-state index in [-0.39, 0.29) is 22.8 Å². The Morgan fingerprint density at radius 3 is 2.73 bits per heavy atom. The lowest BCUT2D eigenvalue weighted by molar-refractivity contribution is 0.102. The van der Waals surface area contributed by atoms with Crippen molar-refractivity contribution in [3.05, 3.63) is 88.2 Å². The van der Waals surface area contributed by atoms with E-state index < -0.39 is 29.7 Å². The van der Waals surface area contributed by atoms with Gasteiger partial charge in [-0.05, 0) is 48.9 Å². The highest BCUT2D eigenvalue weighted by molar-refractivity contribution is 7.99. The number of hydrogen-bond acceptors (Lipinski definition) is 5. The zero-order valence-electron chi connectivity index (χ0n) is 17.1. The van der Waals surface area contributed by atoms with E-state index >= 15 is 0 Å². The van der Waals surface area contributed by atoms with E-state index in [0.717, 1.165) is 6.07 Å². The van der Waals surface area contributed by atoms with Crippen LogP contribution in [-0.2, 0) is 11.3 Å². The summed E-state index contributed by atoms with van der Waals surface area (Å²) in [5, 5.41) is 5.20. The third-order valence-corrected chi connectivity index (χ3v) is 6.39. The minimum absolute atomic E-state index is 0.0217. The molecule has 2 N–H and O–H groups in total. The Morgan fingerprint density at radius 1 is 1.15 bits per heavy atom. The smallest absolute Gasteiger partial charge is 0.408 e. The van der Waals surface area contributed by atoms with Crippen LogP contribution in [-0.4, -0.2) is 22.7 Å². The number of amides is 2. The summed E-state index contributed by atoms with van der Waals surface area (Å²) in [5.41, 5.74) is 1.35. The van der Waals surface area contributed by atoms with E-state index in [2.05, 4.69) is 15.6 Å². The van der Waals surface area contributed by atoms with Crippen molar-refractivity contribution in [2.75, 3.05) is 11.1 Å². The number of pyridine rings is 1. The molecule has 2 amide bonds. The van der Waals surface area contributed by atoms with E-state index in [1.807, 2.05) is 0 Å². The molecule has 0 saturated heterocycles. The Hall–Kier alpha value is -3.17. The van der Waals surface area contributed by atoms with Crippen LogP contribution in [0.4, 0.5) is 19.3 Å². The Balaban J connectivity index is 1.51. The molecule has 0 aliphatic carbocycles. The van der Waals surface area contributed by atoms with Crippen molar-refractivity contribution in [3.63, 3.8) is 0 Å². The highest BCUT2D eigenvalue weighted by Crippen LogP contribution is 2.40. The highest BCUT2D eigenvalue weighted by atomic mass is 35.5. The quantitative estimate of drug-likeness (QED) is 0.478. The molecule has 1 aromatic heterocycles. The normalized spacial score (nSPS) is 14.8. The van der Waals surface area contributed by atoms with Gasteiger partial charge in [-0.15, -0.1) is 11.8 Å². The summed E-state index contributed by atoms with van der Waals surface area (Å²) in [4.78, 5) is 29.7. The van der Waals surface area contributed by atoms with Crippen molar-refractivity contribution in [2.24, 2.45) is 0 Å². The molecule has 3 aromatic rings. The van der Waals surface area contributed by atoms with Crippen molar-refractivity contribution >= 4 is 41.1 Å². The van der Waals surface area contributed by atoms with Gasteiger partial charge in [0.05, 0.1) is 22.3 Å². The summed E-state index contributed by atoms with van der Waals surface area (Å²) in [6.07, 6.45) is 1.34. The number of benzene rings is 2.